The summed E-state index contributed by atoms with van der Waals surface area (Å²) in [5.74, 6) is -23.5. The van der Waals surface area contributed by atoms with E-state index in [2.05, 4.69) is 0 Å². The van der Waals surface area contributed by atoms with Crippen molar-refractivity contribution in [3.63, 3.8) is 0 Å². The van der Waals surface area contributed by atoms with E-state index in [9.17, 15) is 35.1 Å². The van der Waals surface area contributed by atoms with Crippen LogP contribution in [0.25, 0.3) is 0 Å². The van der Waals surface area contributed by atoms with Gasteiger partial charge in [-0.1, -0.05) is 27.7 Å². The molecule has 0 radical (unpaired) electrons. The van der Waals surface area contributed by atoms with E-state index in [1.165, 1.54) is 27.7 Å². The van der Waals surface area contributed by atoms with Gasteiger partial charge in [0.2, 0.25) is 0 Å². The van der Waals surface area contributed by atoms with Gasteiger partial charge in [0.15, 0.2) is 0 Å². The van der Waals surface area contributed by atoms with E-state index in [-0.39, 0.29) is 0 Å². The molecule has 0 aromatic rings. The fraction of sp³-hybridized carbons (Fsp3) is 1.00. The van der Waals surface area contributed by atoms with Gasteiger partial charge in [-0.15, -0.1) is 0 Å². The van der Waals surface area contributed by atoms with Gasteiger partial charge in [0.05, 0.1) is 0 Å². The molecule has 0 amide bonds. The molecular weight excluding hydrogens is 320 g/mol. The predicted molar refractivity (Wildman–Crippen MR) is 67.9 cm³/mol. The van der Waals surface area contributed by atoms with Crippen LogP contribution in [-0.4, -0.2) is 23.7 Å². The van der Waals surface area contributed by atoms with E-state index in [4.69, 9.17) is 0 Å². The zero-order chi connectivity index (χ0) is 18.0. The second kappa shape index (κ2) is 6.91. The Morgan fingerprint density at radius 1 is 0.545 bits per heavy atom. The zero-order valence-corrected chi connectivity index (χ0v) is 13.0. The van der Waals surface area contributed by atoms with Crippen LogP contribution in [0, 0.1) is 11.8 Å². The molecule has 0 fully saturated rings. The lowest BCUT2D eigenvalue weighted by Gasteiger charge is -2.37. The third-order valence-corrected chi connectivity index (χ3v) is 3.38. The van der Waals surface area contributed by atoms with Crippen molar-refractivity contribution in [1.82, 2.24) is 0 Å². The van der Waals surface area contributed by atoms with Crippen LogP contribution in [0.2, 0.25) is 0 Å². The van der Waals surface area contributed by atoms with E-state index in [0.29, 0.717) is 0 Å². The number of alkyl halides is 8. The highest BCUT2D eigenvalue weighted by Crippen LogP contribution is 2.55. The molecule has 0 bridgehead atoms. The first-order chi connectivity index (χ1) is 9.58. The Labute approximate surface area is 125 Å². The summed E-state index contributed by atoms with van der Waals surface area (Å²) in [6.45, 7) is 5.74. The van der Waals surface area contributed by atoms with Gasteiger partial charge in [0.25, 0.3) is 0 Å². The number of rotatable bonds is 9. The van der Waals surface area contributed by atoms with E-state index >= 15 is 0 Å². The number of halogens is 8. The van der Waals surface area contributed by atoms with Gasteiger partial charge >= 0.3 is 23.7 Å². The Bertz CT molecular complexity index is 313. The summed E-state index contributed by atoms with van der Waals surface area (Å²) in [5, 5.41) is 0. The molecule has 0 aliphatic rings. The summed E-state index contributed by atoms with van der Waals surface area (Å²) in [6, 6.07) is 0. The van der Waals surface area contributed by atoms with Crippen molar-refractivity contribution in [3.8, 4) is 0 Å². The van der Waals surface area contributed by atoms with E-state index in [0.717, 1.165) is 0 Å². The molecule has 0 atom stereocenters. The molecule has 134 valence electrons. The zero-order valence-electron chi connectivity index (χ0n) is 13.0. The molecule has 0 rings (SSSR count). The minimum atomic E-state index is -6.12. The Morgan fingerprint density at radius 3 is 0.955 bits per heavy atom. The van der Waals surface area contributed by atoms with Crippen molar-refractivity contribution in [2.75, 3.05) is 0 Å². The third-order valence-electron chi connectivity index (χ3n) is 3.38. The van der Waals surface area contributed by atoms with Gasteiger partial charge in [0.1, 0.15) is 0 Å². The molecule has 0 heterocycles. The largest absolute Gasteiger partial charge is 0.378 e. The van der Waals surface area contributed by atoms with Gasteiger partial charge in [-0.25, -0.2) is 0 Å². The molecule has 8 heteroatoms. The van der Waals surface area contributed by atoms with Crippen molar-refractivity contribution in [2.24, 2.45) is 11.8 Å². The molecule has 0 nitrogen and oxygen atoms in total. The van der Waals surface area contributed by atoms with Crippen LogP contribution in [0.5, 0.6) is 0 Å². The lowest BCUT2D eigenvalue weighted by atomic mass is 9.90. The second-order valence-electron chi connectivity index (χ2n) is 6.42. The SMILES string of the molecule is CC(C)CCC(F)(F)C(F)(F)C(F)(F)C(F)(F)CCC(C)C. The summed E-state index contributed by atoms with van der Waals surface area (Å²) in [7, 11) is 0. The van der Waals surface area contributed by atoms with Crippen LogP contribution in [0.4, 0.5) is 35.1 Å². The quantitative estimate of drug-likeness (QED) is 0.425. The molecule has 0 spiro atoms. The highest BCUT2D eigenvalue weighted by molar-refractivity contribution is 5.03. The minimum absolute atomic E-state index is 0.447. The Morgan fingerprint density at radius 2 is 0.773 bits per heavy atom. The van der Waals surface area contributed by atoms with Gasteiger partial charge in [0, 0.05) is 12.8 Å². The van der Waals surface area contributed by atoms with Gasteiger partial charge < -0.3 is 0 Å². The van der Waals surface area contributed by atoms with Gasteiger partial charge in [-0.2, -0.15) is 35.1 Å². The summed E-state index contributed by atoms with van der Waals surface area (Å²) in [4.78, 5) is 0. The van der Waals surface area contributed by atoms with E-state index in [1.54, 1.807) is 0 Å². The van der Waals surface area contributed by atoms with Crippen molar-refractivity contribution in [2.45, 2.75) is 77.1 Å². The maximum Gasteiger partial charge on any atom is 0.378 e. The first-order valence-electron chi connectivity index (χ1n) is 7.09. The van der Waals surface area contributed by atoms with Crippen molar-refractivity contribution in [3.05, 3.63) is 0 Å². The van der Waals surface area contributed by atoms with Crippen molar-refractivity contribution in [1.29, 1.82) is 0 Å². The molecule has 0 unspecified atom stereocenters. The Balaban J connectivity index is 5.35. The topological polar surface area (TPSA) is 0 Å². The van der Waals surface area contributed by atoms with Crippen LogP contribution in [0.15, 0.2) is 0 Å². The normalized spacial score (nSPS) is 15.0. The smallest absolute Gasteiger partial charge is 0.200 e. The molecule has 0 saturated heterocycles. The maximum absolute atomic E-state index is 13.5. The van der Waals surface area contributed by atoms with Gasteiger partial charge in [-0.3, -0.25) is 0 Å². The van der Waals surface area contributed by atoms with Crippen LogP contribution >= 0.6 is 0 Å². The lowest BCUT2D eigenvalue weighted by Crippen LogP contribution is -2.62. The Kier molecular flexibility index (Phi) is 6.73. The third kappa shape index (κ3) is 4.47. The molecule has 0 aromatic carbocycles. The van der Waals surface area contributed by atoms with Crippen LogP contribution in [-0.2, 0) is 0 Å². The monoisotopic (exact) mass is 342 g/mol. The minimum Gasteiger partial charge on any atom is -0.200 e. The summed E-state index contributed by atoms with van der Waals surface area (Å²) >= 11 is 0. The molecule has 22 heavy (non-hydrogen) atoms. The Hall–Kier alpha value is -0.560. The first-order valence-corrected chi connectivity index (χ1v) is 7.09. The molecule has 0 saturated carbocycles. The fourth-order valence-electron chi connectivity index (χ4n) is 1.71. The fourth-order valence-corrected chi connectivity index (χ4v) is 1.71. The van der Waals surface area contributed by atoms with Crippen LogP contribution < -0.4 is 0 Å². The highest BCUT2D eigenvalue weighted by atomic mass is 19.4. The molecule has 0 aliphatic heterocycles. The second-order valence-corrected chi connectivity index (χ2v) is 6.42. The molecule has 0 aliphatic carbocycles. The average Bonchev–Trinajstić information content (AvgIpc) is 2.33. The van der Waals surface area contributed by atoms with Crippen molar-refractivity contribution < 1.29 is 35.1 Å². The maximum atomic E-state index is 13.5. The molecule has 0 aromatic heterocycles. The molecule has 0 N–H and O–H groups in total. The summed E-state index contributed by atoms with van der Waals surface area (Å²) in [6.07, 6.45) is -4.10. The average molecular weight is 342 g/mol. The highest BCUT2D eigenvalue weighted by Gasteiger charge is 2.79. The van der Waals surface area contributed by atoms with E-state index in [1.807, 2.05) is 0 Å². The van der Waals surface area contributed by atoms with Crippen LogP contribution in [0.1, 0.15) is 53.4 Å². The summed E-state index contributed by atoms with van der Waals surface area (Å²) < 4.78 is 108. The number of hydrogen-bond acceptors (Lipinski definition) is 0. The lowest BCUT2D eigenvalue weighted by molar-refractivity contribution is -0.368. The van der Waals surface area contributed by atoms with Crippen molar-refractivity contribution >= 4 is 0 Å². The number of hydrogen-bond donors (Lipinski definition) is 0. The standard InChI is InChI=1S/C14H22F8/c1-9(2)5-7-11(15,16)13(19,20)14(21,22)12(17,18)8-6-10(3)4/h9-10H,5-8H2,1-4H3. The van der Waals surface area contributed by atoms with Gasteiger partial charge in [-0.05, 0) is 24.7 Å². The molecular formula is C14H22F8. The van der Waals surface area contributed by atoms with E-state index < -0.39 is 61.2 Å². The predicted octanol–water partition coefficient (Wildman–Crippen LogP) is 6.40. The first kappa shape index (κ1) is 21.4. The summed E-state index contributed by atoms with van der Waals surface area (Å²) in [5.41, 5.74) is 0. The van der Waals surface area contributed by atoms with Crippen LogP contribution in [0.3, 0.4) is 0 Å².